The van der Waals surface area contributed by atoms with Crippen LogP contribution in [-0.4, -0.2) is 16.7 Å². The van der Waals surface area contributed by atoms with Crippen LogP contribution >= 0.6 is 0 Å². The highest BCUT2D eigenvalue weighted by atomic mass is 16.5. The first-order valence-electron chi connectivity index (χ1n) is 6.78. The second-order valence-electron chi connectivity index (χ2n) is 4.75. The number of hydrogen-bond donors (Lipinski definition) is 1. The Hall–Kier alpha value is -2.88. The van der Waals surface area contributed by atoms with Crippen LogP contribution in [0.5, 0.6) is 11.5 Å². The molecule has 0 atom stereocenters. The predicted octanol–water partition coefficient (Wildman–Crippen LogP) is 3.93. The first-order chi connectivity index (χ1) is 10.5. The number of hydrogen-bond acceptors (Lipinski definition) is 4. The van der Waals surface area contributed by atoms with Crippen LogP contribution in [0.4, 0.5) is 0 Å². The fourth-order valence-corrected chi connectivity index (χ4v) is 2.08. The number of para-hydroxylation sites is 2. The van der Waals surface area contributed by atoms with Crippen molar-refractivity contribution in [2.45, 2.75) is 13.8 Å². The van der Waals surface area contributed by atoms with Gasteiger partial charge in [-0.05, 0) is 38.1 Å². The molecule has 112 valence electrons. The van der Waals surface area contributed by atoms with Gasteiger partial charge in [0, 0.05) is 0 Å². The molecule has 0 amide bonds. The first kappa shape index (κ1) is 15.5. The van der Waals surface area contributed by atoms with Crippen LogP contribution in [0.2, 0.25) is 0 Å². The Morgan fingerprint density at radius 2 is 1.41 bits per heavy atom. The summed E-state index contributed by atoms with van der Waals surface area (Å²) in [5.41, 5.74) is 0.0656. The van der Waals surface area contributed by atoms with Crippen molar-refractivity contribution in [2.75, 3.05) is 0 Å². The molecule has 0 unspecified atom stereocenters. The molecule has 0 aliphatic rings. The van der Waals surface area contributed by atoms with Gasteiger partial charge < -0.3 is 9.84 Å². The topological polar surface area (TPSA) is 63.6 Å². The monoisotopic (exact) mass is 296 g/mol. The lowest BCUT2D eigenvalue weighted by molar-refractivity contribution is -0.119. The van der Waals surface area contributed by atoms with Crippen molar-refractivity contribution >= 4 is 17.3 Å². The molecule has 22 heavy (non-hydrogen) atoms. The Morgan fingerprint density at radius 3 is 2.00 bits per heavy atom. The van der Waals surface area contributed by atoms with E-state index in [4.69, 9.17) is 4.74 Å². The average molecular weight is 296 g/mol. The molecular formula is C18H16O4. The molecule has 2 aromatic rings. The molecule has 0 saturated carbocycles. The molecule has 0 heterocycles. The summed E-state index contributed by atoms with van der Waals surface area (Å²) in [5.74, 6) is -0.383. The van der Waals surface area contributed by atoms with Crippen molar-refractivity contribution in [3.8, 4) is 11.5 Å². The van der Waals surface area contributed by atoms with Gasteiger partial charge in [-0.25, -0.2) is 0 Å². The van der Waals surface area contributed by atoms with E-state index in [9.17, 15) is 14.7 Å². The van der Waals surface area contributed by atoms with Crippen LogP contribution in [0.3, 0.4) is 0 Å². The van der Waals surface area contributed by atoms with E-state index in [1.54, 1.807) is 36.4 Å². The van der Waals surface area contributed by atoms with Gasteiger partial charge in [0.1, 0.15) is 22.8 Å². The van der Waals surface area contributed by atoms with E-state index in [0.717, 1.165) is 0 Å². The highest BCUT2D eigenvalue weighted by Crippen LogP contribution is 2.30. The van der Waals surface area contributed by atoms with E-state index in [0.29, 0.717) is 17.1 Å². The van der Waals surface area contributed by atoms with Gasteiger partial charge in [0.2, 0.25) is 0 Å². The third kappa shape index (κ3) is 3.41. The van der Waals surface area contributed by atoms with Crippen LogP contribution in [0, 0.1) is 0 Å². The molecule has 2 aromatic carbocycles. The Bertz CT molecular complexity index is 714. The van der Waals surface area contributed by atoms with Gasteiger partial charge in [-0.3, -0.25) is 9.59 Å². The van der Waals surface area contributed by atoms with Crippen LogP contribution in [0.15, 0.2) is 60.2 Å². The number of aliphatic hydroxyl groups is 1. The molecule has 0 radical (unpaired) electrons. The Balaban J connectivity index is 2.50. The van der Waals surface area contributed by atoms with Gasteiger partial charge in [0.25, 0.3) is 0 Å². The van der Waals surface area contributed by atoms with Crippen LogP contribution in [0.25, 0.3) is 5.76 Å². The number of ether oxygens (including phenoxy) is 1. The molecule has 0 bridgehead atoms. The predicted molar refractivity (Wildman–Crippen MR) is 83.9 cm³/mol. The second kappa shape index (κ2) is 6.72. The summed E-state index contributed by atoms with van der Waals surface area (Å²) in [7, 11) is 0. The highest BCUT2D eigenvalue weighted by molar-refractivity contribution is 6.23. The molecule has 0 fully saturated rings. The summed E-state index contributed by atoms with van der Waals surface area (Å²) in [4.78, 5) is 23.2. The third-order valence-corrected chi connectivity index (χ3v) is 3.05. The van der Waals surface area contributed by atoms with Crippen molar-refractivity contribution in [3.63, 3.8) is 0 Å². The maximum atomic E-state index is 11.6. The Morgan fingerprint density at radius 1 is 0.864 bits per heavy atom. The molecule has 0 spiro atoms. The quantitative estimate of drug-likeness (QED) is 0.393. The largest absolute Gasteiger partial charge is 0.506 e. The Labute approximate surface area is 128 Å². The smallest absolute Gasteiger partial charge is 0.167 e. The van der Waals surface area contributed by atoms with E-state index in [1.165, 1.54) is 13.8 Å². The zero-order chi connectivity index (χ0) is 16.1. The fourth-order valence-electron chi connectivity index (χ4n) is 2.08. The maximum absolute atomic E-state index is 11.6. The molecule has 1 N–H and O–H groups in total. The number of carbonyl (C=O) groups is 2. The number of carbonyl (C=O) groups excluding carboxylic acids is 2. The summed E-state index contributed by atoms with van der Waals surface area (Å²) in [6, 6.07) is 15.8. The lowest BCUT2D eigenvalue weighted by atomic mass is 10.0. The van der Waals surface area contributed by atoms with E-state index in [2.05, 4.69) is 0 Å². The van der Waals surface area contributed by atoms with Crippen molar-refractivity contribution in [2.24, 2.45) is 0 Å². The SMILES string of the molecule is CC(=O)C(C(C)=O)=C(O)c1ccccc1Oc1ccccc1. The number of rotatable bonds is 5. The van der Waals surface area contributed by atoms with Crippen molar-refractivity contribution in [1.82, 2.24) is 0 Å². The number of ketones is 2. The molecule has 0 saturated heterocycles. The zero-order valence-corrected chi connectivity index (χ0v) is 12.4. The number of aliphatic hydroxyl groups excluding tert-OH is 1. The van der Waals surface area contributed by atoms with Crippen LogP contribution < -0.4 is 4.74 Å². The molecule has 2 rings (SSSR count). The van der Waals surface area contributed by atoms with E-state index >= 15 is 0 Å². The summed E-state index contributed by atoms with van der Waals surface area (Å²) < 4.78 is 5.72. The normalized spacial score (nSPS) is 9.91. The number of benzene rings is 2. The first-order valence-corrected chi connectivity index (χ1v) is 6.78. The molecule has 0 aromatic heterocycles. The fraction of sp³-hybridized carbons (Fsp3) is 0.111. The summed E-state index contributed by atoms with van der Waals surface area (Å²) in [5, 5.41) is 10.3. The van der Waals surface area contributed by atoms with Gasteiger partial charge >= 0.3 is 0 Å². The second-order valence-corrected chi connectivity index (χ2v) is 4.75. The highest BCUT2D eigenvalue weighted by Gasteiger charge is 2.20. The zero-order valence-electron chi connectivity index (χ0n) is 12.4. The maximum Gasteiger partial charge on any atom is 0.167 e. The van der Waals surface area contributed by atoms with E-state index < -0.39 is 11.6 Å². The summed E-state index contributed by atoms with van der Waals surface area (Å²) in [6.45, 7) is 2.49. The number of allylic oxidation sites excluding steroid dienone is 1. The van der Waals surface area contributed by atoms with Gasteiger partial charge in [-0.15, -0.1) is 0 Å². The molecule has 4 nitrogen and oxygen atoms in total. The van der Waals surface area contributed by atoms with Gasteiger partial charge in [-0.1, -0.05) is 30.3 Å². The standard InChI is InChI=1S/C18H16O4/c1-12(19)17(13(2)20)18(21)15-10-6-7-11-16(15)22-14-8-4-3-5-9-14/h3-11,21H,1-2H3. The average Bonchev–Trinajstić information content (AvgIpc) is 2.48. The van der Waals surface area contributed by atoms with Gasteiger partial charge in [0.15, 0.2) is 11.6 Å². The van der Waals surface area contributed by atoms with Crippen molar-refractivity contribution < 1.29 is 19.4 Å². The minimum atomic E-state index is -0.487. The van der Waals surface area contributed by atoms with Crippen molar-refractivity contribution in [1.29, 1.82) is 0 Å². The summed E-state index contributed by atoms with van der Waals surface area (Å²) >= 11 is 0. The lowest BCUT2D eigenvalue weighted by Crippen LogP contribution is -2.10. The van der Waals surface area contributed by atoms with Crippen LogP contribution in [-0.2, 0) is 9.59 Å². The molecule has 0 aliphatic carbocycles. The number of Topliss-reactive ketones (excluding diaryl/α,β-unsaturated/α-hetero) is 2. The third-order valence-electron chi connectivity index (χ3n) is 3.05. The van der Waals surface area contributed by atoms with Crippen LogP contribution in [0.1, 0.15) is 19.4 Å². The van der Waals surface area contributed by atoms with Gasteiger partial charge in [0.05, 0.1) is 5.56 Å². The minimum Gasteiger partial charge on any atom is -0.506 e. The summed E-state index contributed by atoms with van der Waals surface area (Å²) in [6.07, 6.45) is 0. The molecular weight excluding hydrogens is 280 g/mol. The Kier molecular flexibility index (Phi) is 4.73. The molecule has 0 aliphatic heterocycles. The van der Waals surface area contributed by atoms with E-state index in [1.807, 2.05) is 18.2 Å². The molecule has 4 heteroatoms. The minimum absolute atomic E-state index is 0.232. The van der Waals surface area contributed by atoms with E-state index in [-0.39, 0.29) is 11.3 Å². The van der Waals surface area contributed by atoms with Crippen molar-refractivity contribution in [3.05, 3.63) is 65.7 Å². The lowest BCUT2D eigenvalue weighted by Gasteiger charge is -2.12. The van der Waals surface area contributed by atoms with Gasteiger partial charge in [-0.2, -0.15) is 0 Å².